The summed E-state index contributed by atoms with van der Waals surface area (Å²) in [6.45, 7) is 2.07. The molecule has 1 heterocycles. The van der Waals surface area contributed by atoms with Crippen LogP contribution in [-0.2, 0) is 13.5 Å². The smallest absolute Gasteiger partial charge is 0.154 e. The molecular weight excluding hydrogens is 188 g/mol. The molecule has 2 N–H and O–H groups in total. The molecule has 0 radical (unpaired) electrons. The fourth-order valence-electron chi connectivity index (χ4n) is 1.90. The fraction of sp³-hybridized carbons (Fsp3) is 0.273. The molecule has 1 aromatic carbocycles. The van der Waals surface area contributed by atoms with Crippen molar-refractivity contribution in [3.8, 4) is 6.07 Å². The molecule has 0 bridgehead atoms. The Balaban J connectivity index is 2.97. The molecule has 2 aromatic rings. The molecule has 0 saturated heterocycles. The number of benzene rings is 1. The molecule has 0 aliphatic carbocycles. The summed E-state index contributed by atoms with van der Waals surface area (Å²) in [7, 11) is 1.85. The van der Waals surface area contributed by atoms with Crippen molar-refractivity contribution in [3.63, 3.8) is 0 Å². The number of fused-ring (bicyclic) bond motifs is 1. The lowest BCUT2D eigenvalue weighted by molar-refractivity contribution is 0.797. The fourth-order valence-corrected chi connectivity index (χ4v) is 1.90. The van der Waals surface area contributed by atoms with Crippen LogP contribution in [0.15, 0.2) is 12.1 Å². The lowest BCUT2D eigenvalue weighted by Gasteiger charge is -2.02. The monoisotopic (exact) mass is 200 g/mol. The first-order chi connectivity index (χ1) is 7.19. The highest BCUT2D eigenvalue weighted by Gasteiger charge is 2.13. The van der Waals surface area contributed by atoms with Crippen LogP contribution in [0.2, 0.25) is 0 Å². The number of nitriles is 1. The van der Waals surface area contributed by atoms with Crippen LogP contribution in [-0.4, -0.2) is 9.78 Å². The second kappa shape index (κ2) is 3.28. The average molecular weight is 200 g/mol. The molecule has 0 saturated carbocycles. The summed E-state index contributed by atoms with van der Waals surface area (Å²) < 4.78 is 1.74. The SMILES string of the molecule is CCc1ccc(C#N)c2c(N)nn(C)c12. The number of nitrogen functional groups attached to an aromatic ring is 1. The third kappa shape index (κ3) is 1.24. The van der Waals surface area contributed by atoms with Gasteiger partial charge in [0.25, 0.3) is 0 Å². The molecule has 76 valence electrons. The maximum absolute atomic E-state index is 8.99. The molecule has 1 aromatic heterocycles. The third-order valence-electron chi connectivity index (χ3n) is 2.60. The van der Waals surface area contributed by atoms with Crippen molar-refractivity contribution < 1.29 is 0 Å². The minimum absolute atomic E-state index is 0.430. The first kappa shape index (κ1) is 9.53. The summed E-state index contributed by atoms with van der Waals surface area (Å²) in [6, 6.07) is 5.91. The van der Waals surface area contributed by atoms with Crippen LogP contribution in [0.25, 0.3) is 10.9 Å². The van der Waals surface area contributed by atoms with Gasteiger partial charge in [0.1, 0.15) is 0 Å². The predicted molar refractivity (Wildman–Crippen MR) is 59.2 cm³/mol. The van der Waals surface area contributed by atoms with Gasteiger partial charge in [-0.15, -0.1) is 0 Å². The number of anilines is 1. The second-order valence-corrected chi connectivity index (χ2v) is 3.47. The van der Waals surface area contributed by atoms with Crippen molar-refractivity contribution in [3.05, 3.63) is 23.3 Å². The summed E-state index contributed by atoms with van der Waals surface area (Å²) in [4.78, 5) is 0. The van der Waals surface area contributed by atoms with E-state index in [2.05, 4.69) is 18.1 Å². The van der Waals surface area contributed by atoms with E-state index in [1.807, 2.05) is 13.1 Å². The molecule has 0 aliphatic heterocycles. The first-order valence-electron chi connectivity index (χ1n) is 4.83. The van der Waals surface area contributed by atoms with Gasteiger partial charge in [0.05, 0.1) is 22.5 Å². The molecule has 0 spiro atoms. The van der Waals surface area contributed by atoms with Gasteiger partial charge in [0.2, 0.25) is 0 Å². The van der Waals surface area contributed by atoms with Crippen molar-refractivity contribution in [2.75, 3.05) is 5.73 Å². The first-order valence-corrected chi connectivity index (χ1v) is 4.83. The van der Waals surface area contributed by atoms with E-state index in [1.54, 1.807) is 10.7 Å². The van der Waals surface area contributed by atoms with Gasteiger partial charge in [0.15, 0.2) is 5.82 Å². The normalized spacial score (nSPS) is 10.5. The zero-order valence-electron chi connectivity index (χ0n) is 8.78. The van der Waals surface area contributed by atoms with E-state index in [9.17, 15) is 0 Å². The van der Waals surface area contributed by atoms with Crippen molar-refractivity contribution in [2.24, 2.45) is 7.05 Å². The van der Waals surface area contributed by atoms with Gasteiger partial charge in [-0.1, -0.05) is 13.0 Å². The highest BCUT2D eigenvalue weighted by molar-refractivity contribution is 5.96. The highest BCUT2D eigenvalue weighted by atomic mass is 15.3. The third-order valence-corrected chi connectivity index (χ3v) is 2.60. The topological polar surface area (TPSA) is 67.6 Å². The van der Waals surface area contributed by atoms with Gasteiger partial charge in [0, 0.05) is 7.05 Å². The van der Waals surface area contributed by atoms with Crippen LogP contribution in [0.4, 0.5) is 5.82 Å². The van der Waals surface area contributed by atoms with Gasteiger partial charge in [-0.3, -0.25) is 4.68 Å². The van der Waals surface area contributed by atoms with Crippen LogP contribution in [0.5, 0.6) is 0 Å². The van der Waals surface area contributed by atoms with E-state index in [4.69, 9.17) is 11.0 Å². The lowest BCUT2D eigenvalue weighted by atomic mass is 10.0. The van der Waals surface area contributed by atoms with Gasteiger partial charge in [-0.25, -0.2) is 0 Å². The maximum Gasteiger partial charge on any atom is 0.154 e. The van der Waals surface area contributed by atoms with Crippen LogP contribution in [0.3, 0.4) is 0 Å². The Hall–Kier alpha value is -2.02. The van der Waals surface area contributed by atoms with Crippen molar-refractivity contribution in [1.82, 2.24) is 9.78 Å². The summed E-state index contributed by atoms with van der Waals surface area (Å²) in [5, 5.41) is 13.9. The summed E-state index contributed by atoms with van der Waals surface area (Å²) >= 11 is 0. The lowest BCUT2D eigenvalue weighted by Crippen LogP contribution is -1.94. The summed E-state index contributed by atoms with van der Waals surface area (Å²) in [5.74, 6) is 0.430. The minimum atomic E-state index is 0.430. The number of hydrogen-bond acceptors (Lipinski definition) is 3. The van der Waals surface area contributed by atoms with Crippen LogP contribution in [0.1, 0.15) is 18.1 Å². The number of aromatic nitrogens is 2. The number of aryl methyl sites for hydroxylation is 2. The van der Waals surface area contributed by atoms with E-state index in [0.29, 0.717) is 11.4 Å². The van der Waals surface area contributed by atoms with Crippen molar-refractivity contribution >= 4 is 16.7 Å². The Morgan fingerprint density at radius 2 is 2.27 bits per heavy atom. The Morgan fingerprint density at radius 3 is 2.87 bits per heavy atom. The van der Waals surface area contributed by atoms with Gasteiger partial charge < -0.3 is 5.73 Å². The average Bonchev–Trinajstić information content (AvgIpc) is 2.54. The zero-order chi connectivity index (χ0) is 11.0. The second-order valence-electron chi connectivity index (χ2n) is 3.47. The van der Waals surface area contributed by atoms with Crippen molar-refractivity contribution in [1.29, 1.82) is 5.26 Å². The maximum atomic E-state index is 8.99. The summed E-state index contributed by atoms with van der Waals surface area (Å²) in [6.07, 6.45) is 0.904. The Morgan fingerprint density at radius 1 is 1.53 bits per heavy atom. The van der Waals surface area contributed by atoms with E-state index in [-0.39, 0.29) is 0 Å². The molecule has 0 aliphatic rings. The van der Waals surface area contributed by atoms with Crippen LogP contribution < -0.4 is 5.73 Å². The largest absolute Gasteiger partial charge is 0.382 e. The number of nitrogens with two attached hydrogens (primary N) is 1. The van der Waals surface area contributed by atoms with E-state index < -0.39 is 0 Å². The van der Waals surface area contributed by atoms with Gasteiger partial charge in [-0.2, -0.15) is 10.4 Å². The van der Waals surface area contributed by atoms with Crippen LogP contribution in [0, 0.1) is 11.3 Å². The van der Waals surface area contributed by atoms with E-state index in [1.165, 1.54) is 0 Å². The highest BCUT2D eigenvalue weighted by Crippen LogP contribution is 2.27. The minimum Gasteiger partial charge on any atom is -0.382 e. The number of nitrogens with zero attached hydrogens (tertiary/aromatic N) is 3. The van der Waals surface area contributed by atoms with Gasteiger partial charge in [-0.05, 0) is 18.1 Å². The van der Waals surface area contributed by atoms with Gasteiger partial charge >= 0.3 is 0 Å². The Labute approximate surface area is 87.9 Å². The molecule has 0 unspecified atom stereocenters. The summed E-state index contributed by atoms with van der Waals surface area (Å²) in [5.41, 5.74) is 8.51. The predicted octanol–water partition coefficient (Wildman–Crippen LogP) is 1.59. The number of hydrogen-bond donors (Lipinski definition) is 1. The molecule has 2 rings (SSSR count). The van der Waals surface area contributed by atoms with E-state index in [0.717, 1.165) is 22.9 Å². The zero-order valence-corrected chi connectivity index (χ0v) is 8.78. The molecule has 0 amide bonds. The Bertz CT molecular complexity index is 560. The molecule has 4 heteroatoms. The molecular formula is C11H12N4. The Kier molecular flexibility index (Phi) is 2.09. The number of rotatable bonds is 1. The molecule has 15 heavy (non-hydrogen) atoms. The molecule has 0 fully saturated rings. The molecule has 4 nitrogen and oxygen atoms in total. The molecule has 0 atom stereocenters. The van der Waals surface area contributed by atoms with Crippen molar-refractivity contribution in [2.45, 2.75) is 13.3 Å². The van der Waals surface area contributed by atoms with E-state index >= 15 is 0 Å². The van der Waals surface area contributed by atoms with Crippen LogP contribution >= 0.6 is 0 Å². The quantitative estimate of drug-likeness (QED) is 0.760. The standard InChI is InChI=1S/C11H12N4/c1-3-7-4-5-8(6-12)9-10(7)15(2)14-11(9)13/h4-5H,3H2,1-2H3,(H2,13,14).